The first-order valence-corrected chi connectivity index (χ1v) is 8.08. The fourth-order valence-corrected chi connectivity index (χ4v) is 3.09. The topological polar surface area (TPSA) is 66.0 Å². The summed E-state index contributed by atoms with van der Waals surface area (Å²) in [6.07, 6.45) is 1.79. The lowest BCUT2D eigenvalue weighted by atomic mass is 9.90. The van der Waals surface area contributed by atoms with E-state index in [2.05, 4.69) is 5.32 Å². The molecule has 1 aliphatic heterocycles. The number of ether oxygens (including phenoxy) is 4. The van der Waals surface area contributed by atoms with E-state index in [4.69, 9.17) is 18.9 Å². The SMILES string of the molecule is COC(=O)C1=Cc2ccccc2C(c2cc(OC)c(OC)c(OC)c2)N1. The first kappa shape index (κ1) is 17.7. The highest BCUT2D eigenvalue weighted by molar-refractivity contribution is 5.94. The Morgan fingerprint density at radius 3 is 2.19 bits per heavy atom. The van der Waals surface area contributed by atoms with Gasteiger partial charge in [-0.05, 0) is 34.9 Å². The highest BCUT2D eigenvalue weighted by Gasteiger charge is 2.27. The van der Waals surface area contributed by atoms with Crippen LogP contribution in [0.2, 0.25) is 0 Å². The van der Waals surface area contributed by atoms with Gasteiger partial charge in [0.25, 0.3) is 0 Å². The number of methoxy groups -OCH3 is 4. The maximum absolute atomic E-state index is 12.1. The van der Waals surface area contributed by atoms with Crippen molar-refractivity contribution in [1.29, 1.82) is 0 Å². The maximum Gasteiger partial charge on any atom is 0.354 e. The van der Waals surface area contributed by atoms with Crippen molar-refractivity contribution in [2.45, 2.75) is 6.04 Å². The number of fused-ring (bicyclic) bond motifs is 1. The Hall–Kier alpha value is -3.15. The third kappa shape index (κ3) is 3.06. The predicted octanol–water partition coefficient (Wildman–Crippen LogP) is 2.92. The zero-order valence-electron chi connectivity index (χ0n) is 15.2. The summed E-state index contributed by atoms with van der Waals surface area (Å²) in [7, 11) is 6.07. The van der Waals surface area contributed by atoms with Gasteiger partial charge in [-0.3, -0.25) is 0 Å². The van der Waals surface area contributed by atoms with Gasteiger partial charge >= 0.3 is 5.97 Å². The average molecular weight is 355 g/mol. The highest BCUT2D eigenvalue weighted by Crippen LogP contribution is 2.42. The van der Waals surface area contributed by atoms with E-state index in [0.29, 0.717) is 22.9 Å². The molecule has 6 nitrogen and oxygen atoms in total. The number of rotatable bonds is 5. The van der Waals surface area contributed by atoms with Crippen LogP contribution in [0.3, 0.4) is 0 Å². The molecule has 3 rings (SSSR count). The van der Waals surface area contributed by atoms with Crippen molar-refractivity contribution in [3.05, 3.63) is 58.8 Å². The minimum absolute atomic E-state index is 0.265. The van der Waals surface area contributed by atoms with Crippen LogP contribution in [-0.4, -0.2) is 34.4 Å². The van der Waals surface area contributed by atoms with Gasteiger partial charge in [-0.1, -0.05) is 24.3 Å². The zero-order chi connectivity index (χ0) is 18.7. The average Bonchev–Trinajstić information content (AvgIpc) is 2.70. The van der Waals surface area contributed by atoms with Crippen LogP contribution in [-0.2, 0) is 9.53 Å². The van der Waals surface area contributed by atoms with Gasteiger partial charge in [-0.25, -0.2) is 4.79 Å². The Kier molecular flexibility index (Phi) is 5.02. The largest absolute Gasteiger partial charge is 0.493 e. The Bertz CT molecular complexity index is 834. The van der Waals surface area contributed by atoms with Crippen LogP contribution in [0.4, 0.5) is 0 Å². The van der Waals surface area contributed by atoms with Gasteiger partial charge in [0.15, 0.2) is 11.5 Å². The standard InChI is InChI=1S/C20H21NO5/c1-23-16-10-13(11-17(24-2)19(16)25-3)18-14-8-6-5-7-12(14)9-15(21-18)20(22)26-4/h5-11,18,21H,1-4H3. The van der Waals surface area contributed by atoms with Crippen molar-refractivity contribution in [2.24, 2.45) is 0 Å². The number of hydrogen-bond acceptors (Lipinski definition) is 6. The maximum atomic E-state index is 12.1. The van der Waals surface area contributed by atoms with Crippen LogP contribution in [0, 0.1) is 0 Å². The van der Waals surface area contributed by atoms with Gasteiger partial charge < -0.3 is 24.3 Å². The molecule has 0 radical (unpaired) electrons. The van der Waals surface area contributed by atoms with Crippen LogP contribution in [0.25, 0.3) is 6.08 Å². The second kappa shape index (κ2) is 7.39. The molecule has 0 saturated heterocycles. The van der Waals surface area contributed by atoms with Crippen molar-refractivity contribution in [2.75, 3.05) is 28.4 Å². The molecule has 1 unspecified atom stereocenters. The van der Waals surface area contributed by atoms with Crippen molar-refractivity contribution in [3.63, 3.8) is 0 Å². The molecule has 0 aliphatic carbocycles. The molecule has 26 heavy (non-hydrogen) atoms. The number of nitrogens with one attached hydrogen (secondary N) is 1. The number of esters is 1. The minimum atomic E-state index is -0.419. The van der Waals surface area contributed by atoms with Gasteiger partial charge in [0.2, 0.25) is 5.75 Å². The first-order valence-electron chi connectivity index (χ1n) is 8.08. The van der Waals surface area contributed by atoms with E-state index in [9.17, 15) is 4.79 Å². The zero-order valence-corrected chi connectivity index (χ0v) is 15.2. The number of benzene rings is 2. The number of carbonyl (C=O) groups is 1. The molecule has 1 heterocycles. The molecular weight excluding hydrogens is 334 g/mol. The molecule has 0 bridgehead atoms. The lowest BCUT2D eigenvalue weighted by Crippen LogP contribution is -2.30. The van der Waals surface area contributed by atoms with Crippen molar-refractivity contribution in [3.8, 4) is 17.2 Å². The van der Waals surface area contributed by atoms with E-state index in [1.54, 1.807) is 27.4 Å². The van der Waals surface area contributed by atoms with Gasteiger partial charge in [0, 0.05) is 0 Å². The summed E-state index contributed by atoms with van der Waals surface area (Å²) in [5.74, 6) is 1.20. The molecule has 2 aromatic carbocycles. The molecular formula is C20H21NO5. The summed E-state index contributed by atoms with van der Waals surface area (Å²) in [4.78, 5) is 12.1. The molecule has 0 fully saturated rings. The monoisotopic (exact) mass is 355 g/mol. The molecule has 1 N–H and O–H groups in total. The predicted molar refractivity (Wildman–Crippen MR) is 97.5 cm³/mol. The lowest BCUT2D eigenvalue weighted by Gasteiger charge is -2.28. The highest BCUT2D eigenvalue weighted by atomic mass is 16.5. The minimum Gasteiger partial charge on any atom is -0.493 e. The fourth-order valence-electron chi connectivity index (χ4n) is 3.09. The Morgan fingerprint density at radius 1 is 0.962 bits per heavy atom. The molecule has 0 spiro atoms. The summed E-state index contributed by atoms with van der Waals surface area (Å²) in [6.45, 7) is 0. The van der Waals surface area contributed by atoms with Crippen molar-refractivity contribution < 1.29 is 23.7 Å². The molecule has 2 aromatic rings. The number of hydrogen-bond donors (Lipinski definition) is 1. The fraction of sp³-hybridized carbons (Fsp3) is 0.250. The van der Waals surface area contributed by atoms with Gasteiger partial charge in [0.05, 0.1) is 34.5 Å². The van der Waals surface area contributed by atoms with Gasteiger partial charge in [-0.15, -0.1) is 0 Å². The van der Waals surface area contributed by atoms with Crippen LogP contribution < -0.4 is 19.5 Å². The van der Waals surface area contributed by atoms with E-state index in [1.807, 2.05) is 36.4 Å². The van der Waals surface area contributed by atoms with E-state index < -0.39 is 5.97 Å². The van der Waals surface area contributed by atoms with E-state index in [1.165, 1.54) is 7.11 Å². The summed E-state index contributed by atoms with van der Waals surface area (Å²) >= 11 is 0. The molecule has 0 aromatic heterocycles. The quantitative estimate of drug-likeness (QED) is 0.832. The smallest absolute Gasteiger partial charge is 0.354 e. The summed E-state index contributed by atoms with van der Waals surface area (Å²) in [5.41, 5.74) is 3.26. The van der Waals surface area contributed by atoms with Gasteiger partial charge in [-0.2, -0.15) is 0 Å². The molecule has 1 aliphatic rings. The van der Waals surface area contributed by atoms with Crippen LogP contribution in [0.5, 0.6) is 17.2 Å². The number of carbonyl (C=O) groups excluding carboxylic acids is 1. The van der Waals surface area contributed by atoms with E-state index in [-0.39, 0.29) is 6.04 Å². The van der Waals surface area contributed by atoms with Crippen molar-refractivity contribution in [1.82, 2.24) is 5.32 Å². The van der Waals surface area contributed by atoms with E-state index in [0.717, 1.165) is 16.7 Å². The Balaban J connectivity index is 2.14. The summed E-state index contributed by atoms with van der Waals surface area (Å²) in [6, 6.07) is 11.3. The molecule has 1 atom stereocenters. The summed E-state index contributed by atoms with van der Waals surface area (Å²) in [5, 5.41) is 3.25. The third-order valence-corrected chi connectivity index (χ3v) is 4.33. The van der Waals surface area contributed by atoms with E-state index >= 15 is 0 Å². The molecule has 6 heteroatoms. The van der Waals surface area contributed by atoms with Crippen LogP contribution in [0.1, 0.15) is 22.7 Å². The van der Waals surface area contributed by atoms with Crippen LogP contribution in [0.15, 0.2) is 42.1 Å². The second-order valence-electron chi connectivity index (χ2n) is 5.71. The summed E-state index contributed by atoms with van der Waals surface area (Å²) < 4.78 is 21.2. The Labute approximate surface area is 152 Å². The van der Waals surface area contributed by atoms with Crippen LogP contribution >= 0.6 is 0 Å². The third-order valence-electron chi connectivity index (χ3n) is 4.33. The molecule has 0 amide bonds. The normalized spacial score (nSPS) is 15.2. The lowest BCUT2D eigenvalue weighted by molar-refractivity contribution is -0.136. The Morgan fingerprint density at radius 2 is 1.62 bits per heavy atom. The molecule has 0 saturated carbocycles. The first-order chi connectivity index (χ1) is 12.6. The molecule has 136 valence electrons. The van der Waals surface area contributed by atoms with Gasteiger partial charge in [0.1, 0.15) is 5.70 Å². The second-order valence-corrected chi connectivity index (χ2v) is 5.71. The van der Waals surface area contributed by atoms with Crippen molar-refractivity contribution >= 4 is 12.0 Å².